The van der Waals surface area contributed by atoms with Gasteiger partial charge >= 0.3 is 0 Å². The number of nitrogens with two attached hydrogens (primary N) is 1. The van der Waals surface area contributed by atoms with Crippen LogP contribution in [0, 0.1) is 0 Å². The molecular weight excluding hydrogens is 178 g/mol. The Morgan fingerprint density at radius 3 is 2.86 bits per heavy atom. The van der Waals surface area contributed by atoms with Crippen LogP contribution in [0.5, 0.6) is 0 Å². The van der Waals surface area contributed by atoms with Crippen molar-refractivity contribution in [1.82, 2.24) is 10.6 Å². The number of rotatable bonds is 4. The highest BCUT2D eigenvalue weighted by Gasteiger charge is 2.21. The maximum absolute atomic E-state index is 5.67. The van der Waals surface area contributed by atoms with Gasteiger partial charge in [-0.25, -0.2) is 0 Å². The van der Waals surface area contributed by atoms with Crippen molar-refractivity contribution in [2.45, 2.75) is 25.8 Å². The monoisotopic (exact) mass is 197 g/mol. The molecule has 1 aliphatic heterocycles. The summed E-state index contributed by atoms with van der Waals surface area (Å²) in [6, 6.07) is 0.570. The average Bonchev–Trinajstić information content (AvgIpc) is 2.97. The molecule has 14 heavy (non-hydrogen) atoms. The minimum Gasteiger partial charge on any atom is -0.370 e. The summed E-state index contributed by atoms with van der Waals surface area (Å²) in [5.41, 5.74) is 5.67. The molecule has 80 valence electrons. The molecule has 0 aromatic carbocycles. The third-order valence-electron chi connectivity index (χ3n) is 1.98. The zero-order valence-electron chi connectivity index (χ0n) is 8.88. The van der Waals surface area contributed by atoms with Crippen molar-refractivity contribution in [3.63, 3.8) is 0 Å². The average molecular weight is 197 g/mol. The molecule has 1 heterocycles. The molecule has 0 spiro atoms. The van der Waals surface area contributed by atoms with Crippen LogP contribution in [0.25, 0.3) is 0 Å². The third kappa shape index (κ3) is 4.23. The van der Waals surface area contributed by atoms with E-state index in [0.717, 1.165) is 31.8 Å². The second-order valence-electron chi connectivity index (χ2n) is 3.37. The predicted octanol–water partition coefficient (Wildman–Crippen LogP) is -0.309. The number of hydrogen-bond donors (Lipinski definition) is 3. The molecule has 1 rings (SSSR count). The molecule has 0 aliphatic carbocycles. The van der Waals surface area contributed by atoms with E-state index in [2.05, 4.69) is 27.5 Å². The topological polar surface area (TPSA) is 84.7 Å². The Hall–Kier alpha value is -1.10. The van der Waals surface area contributed by atoms with Gasteiger partial charge in [0.25, 0.3) is 0 Å². The summed E-state index contributed by atoms with van der Waals surface area (Å²) in [7, 11) is 1.76. The number of nitrogens with one attached hydrogen (secondary N) is 2. The number of hydrogen-bond acceptors (Lipinski definition) is 3. The summed E-state index contributed by atoms with van der Waals surface area (Å²) in [6.45, 7) is 3.91. The van der Waals surface area contributed by atoms with E-state index in [4.69, 9.17) is 5.73 Å². The fourth-order valence-corrected chi connectivity index (χ4v) is 1.08. The summed E-state index contributed by atoms with van der Waals surface area (Å²) in [4.78, 5) is 8.26. The van der Waals surface area contributed by atoms with Crippen LogP contribution < -0.4 is 16.4 Å². The first-order chi connectivity index (χ1) is 6.76. The van der Waals surface area contributed by atoms with E-state index in [0.29, 0.717) is 12.0 Å². The quantitative estimate of drug-likeness (QED) is 0.328. The number of aliphatic imine (C=N–C) groups is 2. The van der Waals surface area contributed by atoms with Gasteiger partial charge in [0.05, 0.1) is 0 Å². The van der Waals surface area contributed by atoms with Crippen LogP contribution in [0.3, 0.4) is 0 Å². The van der Waals surface area contributed by atoms with E-state index >= 15 is 0 Å². The first-order valence-corrected chi connectivity index (χ1v) is 5.02. The van der Waals surface area contributed by atoms with Crippen LogP contribution in [0.2, 0.25) is 0 Å². The standard InChI is InChI=1S/C9H19N5/c1-3-4-12-9(10)14-8(11-2)5-7-6-13-7/h7,13H,3-6H2,1-2H3,(H3,10,11,12,14). The maximum Gasteiger partial charge on any atom is 0.194 e. The molecule has 5 heteroatoms. The highest BCUT2D eigenvalue weighted by Crippen LogP contribution is 2.02. The molecule has 1 saturated heterocycles. The minimum atomic E-state index is 0.466. The second kappa shape index (κ2) is 5.59. The predicted molar refractivity (Wildman–Crippen MR) is 59.7 cm³/mol. The van der Waals surface area contributed by atoms with Crippen LogP contribution in [-0.2, 0) is 0 Å². The van der Waals surface area contributed by atoms with Crippen LogP contribution >= 0.6 is 0 Å². The summed E-state index contributed by atoms with van der Waals surface area (Å²) in [5, 5.41) is 6.22. The molecule has 1 fully saturated rings. The number of nitrogens with zero attached hydrogens (tertiary/aromatic N) is 2. The Labute approximate surface area is 84.9 Å². The molecule has 1 aliphatic rings. The smallest absolute Gasteiger partial charge is 0.194 e. The Bertz CT molecular complexity index is 229. The highest BCUT2D eigenvalue weighted by atomic mass is 15.2. The Kier molecular flexibility index (Phi) is 4.39. The van der Waals surface area contributed by atoms with E-state index < -0.39 is 0 Å². The van der Waals surface area contributed by atoms with Gasteiger partial charge in [0.2, 0.25) is 0 Å². The largest absolute Gasteiger partial charge is 0.370 e. The summed E-state index contributed by atoms with van der Waals surface area (Å²) >= 11 is 0. The lowest BCUT2D eigenvalue weighted by atomic mass is 10.3. The Balaban J connectivity index is 2.31. The summed E-state index contributed by atoms with van der Waals surface area (Å²) < 4.78 is 0. The van der Waals surface area contributed by atoms with Crippen molar-refractivity contribution in [2.24, 2.45) is 15.7 Å². The highest BCUT2D eigenvalue weighted by molar-refractivity contribution is 5.99. The van der Waals surface area contributed by atoms with Crippen LogP contribution in [0.1, 0.15) is 19.8 Å². The number of guanidine groups is 1. The van der Waals surface area contributed by atoms with Gasteiger partial charge in [-0.05, 0) is 6.42 Å². The molecule has 0 aromatic rings. The zero-order valence-corrected chi connectivity index (χ0v) is 8.88. The van der Waals surface area contributed by atoms with E-state index in [-0.39, 0.29) is 0 Å². The van der Waals surface area contributed by atoms with Gasteiger partial charge in [0, 0.05) is 32.6 Å². The van der Waals surface area contributed by atoms with Crippen molar-refractivity contribution < 1.29 is 0 Å². The van der Waals surface area contributed by atoms with Crippen molar-refractivity contribution in [1.29, 1.82) is 0 Å². The summed E-state index contributed by atoms with van der Waals surface area (Å²) in [6.07, 6.45) is 1.91. The minimum absolute atomic E-state index is 0.466. The van der Waals surface area contributed by atoms with Crippen molar-refractivity contribution >= 4 is 11.8 Å². The van der Waals surface area contributed by atoms with Crippen molar-refractivity contribution in [3.05, 3.63) is 0 Å². The van der Waals surface area contributed by atoms with E-state index in [1.54, 1.807) is 7.05 Å². The summed E-state index contributed by atoms with van der Waals surface area (Å²) in [5.74, 6) is 1.37. The maximum atomic E-state index is 5.67. The van der Waals surface area contributed by atoms with Crippen LogP contribution in [-0.4, -0.2) is 38.0 Å². The van der Waals surface area contributed by atoms with E-state index in [9.17, 15) is 0 Å². The Morgan fingerprint density at radius 1 is 1.64 bits per heavy atom. The molecular formula is C9H19N5. The lowest BCUT2D eigenvalue weighted by molar-refractivity contribution is 0.915. The molecule has 0 aromatic heterocycles. The molecule has 0 amide bonds. The molecule has 4 N–H and O–H groups in total. The molecule has 0 radical (unpaired) electrons. The molecule has 0 saturated carbocycles. The van der Waals surface area contributed by atoms with Gasteiger partial charge in [-0.1, -0.05) is 6.92 Å². The van der Waals surface area contributed by atoms with E-state index in [1.165, 1.54) is 0 Å². The second-order valence-corrected chi connectivity index (χ2v) is 3.37. The fourth-order valence-electron chi connectivity index (χ4n) is 1.08. The van der Waals surface area contributed by atoms with E-state index in [1.807, 2.05) is 0 Å². The van der Waals surface area contributed by atoms with Gasteiger partial charge in [-0.3, -0.25) is 9.98 Å². The van der Waals surface area contributed by atoms with Crippen LogP contribution in [0.4, 0.5) is 0 Å². The first-order valence-electron chi connectivity index (χ1n) is 5.02. The molecule has 1 unspecified atom stereocenters. The van der Waals surface area contributed by atoms with Crippen molar-refractivity contribution in [2.75, 3.05) is 20.1 Å². The SMILES string of the molecule is CCCN=C(N)NC(CC1CN1)=NC. The van der Waals surface area contributed by atoms with Gasteiger partial charge in [-0.15, -0.1) is 0 Å². The number of amidine groups is 1. The lowest BCUT2D eigenvalue weighted by Gasteiger charge is -2.07. The zero-order chi connectivity index (χ0) is 10.4. The normalized spacial score (nSPS) is 22.3. The Morgan fingerprint density at radius 2 is 2.36 bits per heavy atom. The van der Waals surface area contributed by atoms with Gasteiger partial charge < -0.3 is 16.4 Å². The van der Waals surface area contributed by atoms with Crippen LogP contribution in [0.15, 0.2) is 9.98 Å². The fraction of sp³-hybridized carbons (Fsp3) is 0.778. The molecule has 1 atom stereocenters. The molecule has 5 nitrogen and oxygen atoms in total. The van der Waals surface area contributed by atoms with Crippen molar-refractivity contribution in [3.8, 4) is 0 Å². The molecule has 0 bridgehead atoms. The third-order valence-corrected chi connectivity index (χ3v) is 1.98. The lowest BCUT2D eigenvalue weighted by Crippen LogP contribution is -2.37. The van der Waals surface area contributed by atoms with Gasteiger partial charge in [0.1, 0.15) is 5.84 Å². The first kappa shape index (κ1) is 11.0. The van der Waals surface area contributed by atoms with Gasteiger partial charge in [-0.2, -0.15) is 0 Å². The van der Waals surface area contributed by atoms with Gasteiger partial charge in [0.15, 0.2) is 5.96 Å².